The first-order valence-corrected chi connectivity index (χ1v) is 6.27. The number of phenols is 1. The summed E-state index contributed by atoms with van der Waals surface area (Å²) < 4.78 is 5.20. The zero-order valence-electron chi connectivity index (χ0n) is 11.7. The second-order valence-electron chi connectivity index (χ2n) is 4.66. The highest BCUT2D eigenvalue weighted by molar-refractivity contribution is 6.05. The van der Waals surface area contributed by atoms with Crippen LogP contribution in [0, 0.1) is 13.8 Å². The van der Waals surface area contributed by atoms with Gasteiger partial charge in [0.1, 0.15) is 11.5 Å². The number of aromatic hydroxyl groups is 1. The van der Waals surface area contributed by atoms with Crippen LogP contribution in [0.4, 0.5) is 5.69 Å². The summed E-state index contributed by atoms with van der Waals surface area (Å²) in [5.41, 5.74) is 2.76. The van der Waals surface area contributed by atoms with Crippen LogP contribution in [0.5, 0.6) is 11.5 Å². The van der Waals surface area contributed by atoms with Gasteiger partial charge in [0.15, 0.2) is 0 Å². The second-order valence-corrected chi connectivity index (χ2v) is 4.66. The Bertz CT molecular complexity index is 650. The highest BCUT2D eigenvalue weighted by atomic mass is 16.5. The minimum absolute atomic E-state index is 0.0532. The van der Waals surface area contributed by atoms with Crippen LogP contribution < -0.4 is 10.1 Å². The minimum atomic E-state index is -0.289. The Morgan fingerprint density at radius 1 is 1.15 bits per heavy atom. The Morgan fingerprint density at radius 2 is 1.90 bits per heavy atom. The average Bonchev–Trinajstić information content (AvgIpc) is 2.42. The monoisotopic (exact) mass is 271 g/mol. The highest BCUT2D eigenvalue weighted by Crippen LogP contribution is 2.25. The predicted octanol–water partition coefficient (Wildman–Crippen LogP) is 3.27. The van der Waals surface area contributed by atoms with Gasteiger partial charge in [0.2, 0.25) is 0 Å². The summed E-state index contributed by atoms with van der Waals surface area (Å²) >= 11 is 0. The van der Waals surface area contributed by atoms with E-state index in [9.17, 15) is 9.90 Å². The maximum absolute atomic E-state index is 12.2. The lowest BCUT2D eigenvalue weighted by atomic mass is 10.1. The van der Waals surface area contributed by atoms with Crippen molar-refractivity contribution in [2.75, 3.05) is 12.4 Å². The maximum atomic E-state index is 12.2. The summed E-state index contributed by atoms with van der Waals surface area (Å²) in [6.07, 6.45) is 0. The lowest BCUT2D eigenvalue weighted by molar-refractivity contribution is 0.102. The molecule has 2 aromatic rings. The van der Waals surface area contributed by atoms with Gasteiger partial charge in [-0.15, -0.1) is 0 Å². The van der Waals surface area contributed by atoms with Gasteiger partial charge < -0.3 is 15.2 Å². The molecule has 0 aliphatic carbocycles. The summed E-state index contributed by atoms with van der Waals surface area (Å²) in [6.45, 7) is 3.78. The molecule has 2 rings (SSSR count). The molecule has 1 amide bonds. The van der Waals surface area contributed by atoms with Crippen LogP contribution in [0.25, 0.3) is 0 Å². The number of aryl methyl sites for hydroxylation is 2. The van der Waals surface area contributed by atoms with E-state index in [1.54, 1.807) is 31.4 Å². The number of rotatable bonds is 3. The van der Waals surface area contributed by atoms with Crippen molar-refractivity contribution >= 4 is 11.6 Å². The predicted molar refractivity (Wildman–Crippen MR) is 78.5 cm³/mol. The molecule has 0 aliphatic rings. The largest absolute Gasteiger partial charge is 0.506 e. The molecule has 4 nitrogen and oxygen atoms in total. The van der Waals surface area contributed by atoms with Gasteiger partial charge in [-0.3, -0.25) is 4.79 Å². The molecule has 0 radical (unpaired) electrons. The Kier molecular flexibility index (Phi) is 3.94. The zero-order chi connectivity index (χ0) is 14.7. The van der Waals surface area contributed by atoms with Gasteiger partial charge in [-0.05, 0) is 49.2 Å². The fraction of sp³-hybridized carbons (Fsp3) is 0.188. The molecule has 104 valence electrons. The van der Waals surface area contributed by atoms with E-state index < -0.39 is 0 Å². The molecule has 20 heavy (non-hydrogen) atoms. The van der Waals surface area contributed by atoms with Crippen molar-refractivity contribution in [2.45, 2.75) is 13.8 Å². The van der Waals surface area contributed by atoms with Crippen molar-refractivity contribution in [3.8, 4) is 11.5 Å². The average molecular weight is 271 g/mol. The zero-order valence-corrected chi connectivity index (χ0v) is 11.7. The van der Waals surface area contributed by atoms with E-state index in [0.717, 1.165) is 11.1 Å². The number of hydrogen-bond acceptors (Lipinski definition) is 3. The van der Waals surface area contributed by atoms with E-state index in [4.69, 9.17) is 4.74 Å². The molecule has 0 aliphatic heterocycles. The van der Waals surface area contributed by atoms with Crippen molar-refractivity contribution in [3.05, 3.63) is 53.1 Å². The summed E-state index contributed by atoms with van der Waals surface area (Å²) in [7, 11) is 1.57. The third-order valence-corrected chi connectivity index (χ3v) is 3.07. The van der Waals surface area contributed by atoms with Crippen LogP contribution in [0.1, 0.15) is 21.5 Å². The first-order chi connectivity index (χ1) is 9.51. The molecular weight excluding hydrogens is 254 g/mol. The normalized spacial score (nSPS) is 10.2. The lowest BCUT2D eigenvalue weighted by Crippen LogP contribution is -2.12. The molecule has 4 heteroatoms. The number of anilines is 1. The fourth-order valence-electron chi connectivity index (χ4n) is 1.90. The number of ether oxygens (including phenoxy) is 1. The summed E-state index contributed by atoms with van der Waals surface area (Å²) in [5.74, 6) is 0.422. The molecule has 0 heterocycles. The fourth-order valence-corrected chi connectivity index (χ4v) is 1.90. The molecule has 0 saturated heterocycles. The van der Waals surface area contributed by atoms with Crippen LogP contribution in [0.15, 0.2) is 36.4 Å². The van der Waals surface area contributed by atoms with Gasteiger partial charge in [0, 0.05) is 5.56 Å². The molecular formula is C16H17NO3. The minimum Gasteiger partial charge on any atom is -0.506 e. The van der Waals surface area contributed by atoms with Crippen molar-refractivity contribution in [2.24, 2.45) is 0 Å². The van der Waals surface area contributed by atoms with Crippen molar-refractivity contribution in [3.63, 3.8) is 0 Å². The number of carbonyl (C=O) groups excluding carboxylic acids is 1. The smallest absolute Gasteiger partial charge is 0.255 e. The van der Waals surface area contributed by atoms with Gasteiger partial charge in [0.25, 0.3) is 5.91 Å². The maximum Gasteiger partial charge on any atom is 0.255 e. The Morgan fingerprint density at radius 3 is 2.55 bits per heavy atom. The van der Waals surface area contributed by atoms with E-state index >= 15 is 0 Å². The van der Waals surface area contributed by atoms with Gasteiger partial charge in [0.05, 0.1) is 12.8 Å². The first-order valence-electron chi connectivity index (χ1n) is 6.27. The number of methoxy groups -OCH3 is 1. The van der Waals surface area contributed by atoms with Gasteiger partial charge in [-0.1, -0.05) is 12.1 Å². The molecule has 0 aromatic heterocycles. The van der Waals surface area contributed by atoms with Crippen molar-refractivity contribution in [1.82, 2.24) is 0 Å². The molecule has 0 unspecified atom stereocenters. The van der Waals surface area contributed by atoms with E-state index in [2.05, 4.69) is 5.32 Å². The number of nitrogens with one attached hydrogen (secondary N) is 1. The lowest BCUT2D eigenvalue weighted by Gasteiger charge is -2.10. The van der Waals surface area contributed by atoms with Crippen LogP contribution in [-0.2, 0) is 0 Å². The van der Waals surface area contributed by atoms with Crippen molar-refractivity contribution in [1.29, 1.82) is 0 Å². The summed E-state index contributed by atoms with van der Waals surface area (Å²) in [5, 5.41) is 12.5. The highest BCUT2D eigenvalue weighted by Gasteiger charge is 2.11. The summed E-state index contributed by atoms with van der Waals surface area (Å²) in [6, 6.07) is 10.3. The molecule has 2 aromatic carbocycles. The Balaban J connectivity index is 2.24. The first kappa shape index (κ1) is 13.9. The van der Waals surface area contributed by atoms with Gasteiger partial charge in [-0.2, -0.15) is 0 Å². The standard InChI is InChI=1S/C16H17NO3/c1-10-4-7-13(14(18)8-10)17-16(19)12-6-5-11(2)15(9-12)20-3/h4-9,18H,1-3H3,(H,17,19). The van der Waals surface area contributed by atoms with E-state index in [0.29, 0.717) is 17.0 Å². The molecule has 0 saturated carbocycles. The van der Waals surface area contributed by atoms with Crippen LogP contribution >= 0.6 is 0 Å². The molecule has 2 N–H and O–H groups in total. The topological polar surface area (TPSA) is 58.6 Å². The Hall–Kier alpha value is -2.49. The second kappa shape index (κ2) is 5.65. The number of benzene rings is 2. The van der Waals surface area contributed by atoms with Crippen LogP contribution in [-0.4, -0.2) is 18.1 Å². The SMILES string of the molecule is COc1cc(C(=O)Nc2ccc(C)cc2O)ccc1C. The molecule has 0 bridgehead atoms. The summed E-state index contributed by atoms with van der Waals surface area (Å²) in [4.78, 5) is 12.2. The number of hydrogen-bond donors (Lipinski definition) is 2. The van der Waals surface area contributed by atoms with Gasteiger partial charge >= 0.3 is 0 Å². The van der Waals surface area contributed by atoms with E-state index in [1.165, 1.54) is 0 Å². The quantitative estimate of drug-likeness (QED) is 0.842. The number of phenolic OH excluding ortho intramolecular Hbond substituents is 1. The number of amides is 1. The van der Waals surface area contributed by atoms with Crippen molar-refractivity contribution < 1.29 is 14.6 Å². The third kappa shape index (κ3) is 2.91. The molecule has 0 atom stereocenters. The van der Waals surface area contributed by atoms with Gasteiger partial charge in [-0.25, -0.2) is 0 Å². The van der Waals surface area contributed by atoms with E-state index in [-0.39, 0.29) is 11.7 Å². The van der Waals surface area contributed by atoms with Crippen LogP contribution in [0.2, 0.25) is 0 Å². The van der Waals surface area contributed by atoms with E-state index in [1.807, 2.05) is 26.0 Å². The molecule has 0 spiro atoms. The number of carbonyl (C=O) groups is 1. The molecule has 0 fully saturated rings. The van der Waals surface area contributed by atoms with Crippen LogP contribution in [0.3, 0.4) is 0 Å². The third-order valence-electron chi connectivity index (χ3n) is 3.07. The Labute approximate surface area is 118 Å².